The molecule has 1 N–H and O–H groups in total. The monoisotopic (exact) mass is 182 g/mol. The lowest BCUT2D eigenvalue weighted by atomic mass is 10.1. The van der Waals surface area contributed by atoms with Crippen LogP contribution in [-0.4, -0.2) is 5.11 Å². The standard InChI is InChI=1S/C12H22O/c1-3-4-5-6-7-8-9-10-12(2)11-13/h9-11,13H,3-8H2,1-2H3. The summed E-state index contributed by atoms with van der Waals surface area (Å²) in [5.41, 5.74) is 0.925. The van der Waals surface area contributed by atoms with E-state index in [9.17, 15) is 0 Å². The van der Waals surface area contributed by atoms with Crippen LogP contribution in [0.2, 0.25) is 0 Å². The Morgan fingerprint density at radius 1 is 1.15 bits per heavy atom. The number of allylic oxidation sites excluding steroid dienone is 3. The van der Waals surface area contributed by atoms with Gasteiger partial charge in [-0.15, -0.1) is 0 Å². The van der Waals surface area contributed by atoms with E-state index < -0.39 is 0 Å². The van der Waals surface area contributed by atoms with E-state index in [0.29, 0.717) is 0 Å². The van der Waals surface area contributed by atoms with Crippen LogP contribution in [0.4, 0.5) is 0 Å². The van der Waals surface area contributed by atoms with Gasteiger partial charge in [-0.25, -0.2) is 0 Å². The molecule has 0 aromatic carbocycles. The molecule has 13 heavy (non-hydrogen) atoms. The van der Waals surface area contributed by atoms with Gasteiger partial charge < -0.3 is 5.11 Å². The minimum absolute atomic E-state index is 0.925. The first-order chi connectivity index (χ1) is 6.31. The average Bonchev–Trinajstić information content (AvgIpc) is 2.16. The normalized spacial score (nSPS) is 12.6. The second kappa shape index (κ2) is 9.37. The highest BCUT2D eigenvalue weighted by atomic mass is 16.2. The summed E-state index contributed by atoms with van der Waals surface area (Å²) in [6, 6.07) is 0. The summed E-state index contributed by atoms with van der Waals surface area (Å²) >= 11 is 0. The zero-order chi connectivity index (χ0) is 9.94. The summed E-state index contributed by atoms with van der Waals surface area (Å²) in [5, 5.41) is 8.59. The van der Waals surface area contributed by atoms with Crippen LogP contribution in [0.5, 0.6) is 0 Å². The molecule has 1 nitrogen and oxygen atoms in total. The molecule has 0 aliphatic rings. The lowest BCUT2D eigenvalue weighted by Crippen LogP contribution is -1.76. The van der Waals surface area contributed by atoms with Crippen molar-refractivity contribution in [3.63, 3.8) is 0 Å². The maximum atomic E-state index is 8.59. The van der Waals surface area contributed by atoms with E-state index in [2.05, 4.69) is 13.0 Å². The van der Waals surface area contributed by atoms with Crippen molar-refractivity contribution in [2.75, 3.05) is 0 Å². The summed E-state index contributed by atoms with van der Waals surface area (Å²) in [6.45, 7) is 4.13. The van der Waals surface area contributed by atoms with Gasteiger partial charge in [-0.2, -0.15) is 0 Å². The van der Waals surface area contributed by atoms with Crippen LogP contribution in [0.3, 0.4) is 0 Å². The van der Waals surface area contributed by atoms with Crippen LogP contribution >= 0.6 is 0 Å². The molecule has 0 radical (unpaired) electrons. The maximum Gasteiger partial charge on any atom is 0.0820 e. The Morgan fingerprint density at radius 3 is 2.46 bits per heavy atom. The summed E-state index contributed by atoms with van der Waals surface area (Å²) in [7, 11) is 0. The molecule has 0 fully saturated rings. The van der Waals surface area contributed by atoms with E-state index in [1.54, 1.807) is 0 Å². The Bertz CT molecular complexity index is 157. The van der Waals surface area contributed by atoms with Crippen molar-refractivity contribution in [1.82, 2.24) is 0 Å². The molecular weight excluding hydrogens is 160 g/mol. The van der Waals surface area contributed by atoms with Crippen LogP contribution in [-0.2, 0) is 0 Å². The van der Waals surface area contributed by atoms with Crippen LogP contribution in [0, 0.1) is 0 Å². The van der Waals surface area contributed by atoms with Gasteiger partial charge >= 0.3 is 0 Å². The molecule has 0 heterocycles. The number of aliphatic hydroxyl groups is 1. The Hall–Kier alpha value is -0.720. The zero-order valence-corrected chi connectivity index (χ0v) is 8.92. The van der Waals surface area contributed by atoms with E-state index in [4.69, 9.17) is 5.11 Å². The van der Waals surface area contributed by atoms with Crippen LogP contribution < -0.4 is 0 Å². The molecule has 0 saturated carbocycles. The third-order valence-electron chi connectivity index (χ3n) is 2.06. The van der Waals surface area contributed by atoms with Gasteiger partial charge in [0.05, 0.1) is 6.26 Å². The maximum absolute atomic E-state index is 8.59. The molecule has 0 aromatic heterocycles. The van der Waals surface area contributed by atoms with Crippen molar-refractivity contribution in [3.05, 3.63) is 24.0 Å². The first-order valence-electron chi connectivity index (χ1n) is 5.28. The topological polar surface area (TPSA) is 20.2 Å². The van der Waals surface area contributed by atoms with Crippen molar-refractivity contribution in [2.24, 2.45) is 0 Å². The lowest BCUT2D eigenvalue weighted by molar-refractivity contribution is 0.469. The van der Waals surface area contributed by atoms with E-state index in [0.717, 1.165) is 18.3 Å². The first-order valence-corrected chi connectivity index (χ1v) is 5.28. The second-order valence-electron chi connectivity index (χ2n) is 3.48. The van der Waals surface area contributed by atoms with Gasteiger partial charge in [0.1, 0.15) is 0 Å². The van der Waals surface area contributed by atoms with E-state index >= 15 is 0 Å². The summed E-state index contributed by atoms with van der Waals surface area (Å²) in [5.74, 6) is 0. The zero-order valence-electron chi connectivity index (χ0n) is 8.92. The molecule has 76 valence electrons. The van der Waals surface area contributed by atoms with E-state index in [1.807, 2.05) is 13.0 Å². The Labute approximate surface area is 82.2 Å². The van der Waals surface area contributed by atoms with E-state index in [-0.39, 0.29) is 0 Å². The van der Waals surface area contributed by atoms with E-state index in [1.165, 1.54) is 32.1 Å². The molecule has 0 atom stereocenters. The number of aliphatic hydroxyl groups excluding tert-OH is 1. The first kappa shape index (κ1) is 12.3. The van der Waals surface area contributed by atoms with Crippen molar-refractivity contribution < 1.29 is 5.11 Å². The quantitative estimate of drug-likeness (QED) is 0.352. The molecule has 0 bridgehead atoms. The summed E-state index contributed by atoms with van der Waals surface area (Å²) < 4.78 is 0. The van der Waals surface area contributed by atoms with Crippen molar-refractivity contribution in [3.8, 4) is 0 Å². The molecule has 0 aromatic rings. The highest BCUT2D eigenvalue weighted by molar-refractivity contribution is 5.12. The van der Waals surface area contributed by atoms with Crippen molar-refractivity contribution in [2.45, 2.75) is 52.4 Å². The minimum Gasteiger partial charge on any atom is -0.515 e. The van der Waals surface area contributed by atoms with Crippen molar-refractivity contribution >= 4 is 0 Å². The largest absolute Gasteiger partial charge is 0.515 e. The third kappa shape index (κ3) is 9.19. The number of hydrogen-bond donors (Lipinski definition) is 1. The van der Waals surface area contributed by atoms with Crippen LogP contribution in [0.25, 0.3) is 0 Å². The average molecular weight is 182 g/mol. The van der Waals surface area contributed by atoms with Gasteiger partial charge in [0.15, 0.2) is 0 Å². The van der Waals surface area contributed by atoms with Gasteiger partial charge in [0.2, 0.25) is 0 Å². The van der Waals surface area contributed by atoms with Crippen LogP contribution in [0.1, 0.15) is 52.4 Å². The van der Waals surface area contributed by atoms with Gasteiger partial charge in [-0.1, -0.05) is 44.8 Å². The van der Waals surface area contributed by atoms with Crippen LogP contribution in [0.15, 0.2) is 24.0 Å². The number of hydrogen-bond acceptors (Lipinski definition) is 1. The predicted octanol–water partition coefficient (Wildman–Crippen LogP) is 4.36. The molecule has 0 rings (SSSR count). The fraction of sp³-hybridized carbons (Fsp3) is 0.667. The molecule has 0 spiro atoms. The smallest absolute Gasteiger partial charge is 0.0820 e. The van der Waals surface area contributed by atoms with Gasteiger partial charge in [0.25, 0.3) is 0 Å². The molecule has 0 aliphatic carbocycles. The molecule has 0 saturated heterocycles. The molecule has 0 aliphatic heterocycles. The minimum atomic E-state index is 0.925. The van der Waals surface area contributed by atoms with Gasteiger partial charge in [0, 0.05) is 0 Å². The fourth-order valence-electron chi connectivity index (χ4n) is 1.18. The Balaban J connectivity index is 3.20. The summed E-state index contributed by atoms with van der Waals surface area (Å²) in [4.78, 5) is 0. The van der Waals surface area contributed by atoms with Crippen molar-refractivity contribution in [1.29, 1.82) is 0 Å². The molecule has 1 heteroatoms. The van der Waals surface area contributed by atoms with Gasteiger partial charge in [-0.05, 0) is 25.3 Å². The highest BCUT2D eigenvalue weighted by Crippen LogP contribution is 2.06. The fourth-order valence-corrected chi connectivity index (χ4v) is 1.18. The second-order valence-corrected chi connectivity index (χ2v) is 3.48. The Morgan fingerprint density at radius 2 is 1.85 bits per heavy atom. The highest BCUT2D eigenvalue weighted by Gasteiger charge is 1.86. The summed E-state index contributed by atoms with van der Waals surface area (Å²) in [6.07, 6.45) is 13.0. The Kier molecular flexibility index (Phi) is 8.85. The third-order valence-corrected chi connectivity index (χ3v) is 2.06. The SMILES string of the molecule is CCCCCCCC=CC(C)=CO. The molecular formula is C12H22O. The predicted molar refractivity (Wildman–Crippen MR) is 58.9 cm³/mol. The molecule has 0 amide bonds. The number of unbranched alkanes of at least 4 members (excludes halogenated alkanes) is 5. The lowest BCUT2D eigenvalue weighted by Gasteiger charge is -1.95. The van der Waals surface area contributed by atoms with Gasteiger partial charge in [-0.3, -0.25) is 0 Å². The molecule has 0 unspecified atom stereocenters. The number of rotatable bonds is 7.